The van der Waals surface area contributed by atoms with E-state index in [-0.39, 0.29) is 5.54 Å². The van der Waals surface area contributed by atoms with Gasteiger partial charge in [0.15, 0.2) is 5.82 Å². The maximum atomic E-state index is 5.85. The first kappa shape index (κ1) is 13.0. The Hall–Kier alpha value is -1.43. The minimum Gasteiger partial charge on any atom is -0.399 e. The van der Waals surface area contributed by atoms with Crippen LogP contribution in [0.2, 0.25) is 0 Å². The van der Waals surface area contributed by atoms with E-state index in [1.807, 2.05) is 22.9 Å². The molecule has 1 heterocycles. The fourth-order valence-electron chi connectivity index (χ4n) is 1.67. The van der Waals surface area contributed by atoms with Crippen LogP contribution in [0.25, 0.3) is 11.4 Å². The van der Waals surface area contributed by atoms with Crippen LogP contribution >= 0.6 is 15.9 Å². The summed E-state index contributed by atoms with van der Waals surface area (Å²) in [4.78, 5) is 0. The Bertz CT molecular complexity index is 541. The predicted molar refractivity (Wildman–Crippen MR) is 75.0 cm³/mol. The van der Waals surface area contributed by atoms with Gasteiger partial charge < -0.3 is 5.73 Å². The molecule has 96 valence electrons. The van der Waals surface area contributed by atoms with Crippen molar-refractivity contribution in [3.8, 4) is 11.4 Å². The molecule has 2 rings (SSSR count). The fourth-order valence-corrected chi connectivity index (χ4v) is 2.18. The van der Waals surface area contributed by atoms with Crippen molar-refractivity contribution < 1.29 is 0 Å². The molecule has 0 amide bonds. The van der Waals surface area contributed by atoms with Crippen molar-refractivity contribution in [2.45, 2.75) is 32.7 Å². The van der Waals surface area contributed by atoms with E-state index in [4.69, 9.17) is 5.73 Å². The quantitative estimate of drug-likeness (QED) is 0.885. The number of nitrogen functional groups attached to an aromatic ring is 1. The summed E-state index contributed by atoms with van der Waals surface area (Å²) >= 11 is 3.43. The van der Waals surface area contributed by atoms with Gasteiger partial charge in [0.1, 0.15) is 0 Å². The number of hydrogen-bond acceptors (Lipinski definition) is 4. The molecule has 0 bridgehead atoms. The summed E-state index contributed by atoms with van der Waals surface area (Å²) in [5.41, 5.74) is 7.31. The molecular weight excluding hydrogens is 294 g/mol. The Morgan fingerprint density at radius 2 is 2.06 bits per heavy atom. The first-order valence-corrected chi connectivity index (χ1v) is 6.58. The van der Waals surface area contributed by atoms with Gasteiger partial charge in [0.2, 0.25) is 0 Å². The van der Waals surface area contributed by atoms with Gasteiger partial charge in [-0.25, -0.2) is 4.68 Å². The number of nitrogens with two attached hydrogens (primary N) is 1. The maximum absolute atomic E-state index is 5.85. The van der Waals surface area contributed by atoms with E-state index < -0.39 is 0 Å². The molecule has 2 aromatic rings. The number of rotatable bonds is 3. The van der Waals surface area contributed by atoms with E-state index in [1.54, 1.807) is 0 Å². The predicted octanol–water partition coefficient (Wildman–Crippen LogP) is 2.83. The molecule has 0 atom stereocenters. The Balaban J connectivity index is 2.55. The zero-order chi connectivity index (χ0) is 13.3. The fraction of sp³-hybridized carbons (Fsp3) is 0.417. The van der Waals surface area contributed by atoms with Crippen LogP contribution in [-0.4, -0.2) is 20.2 Å². The summed E-state index contributed by atoms with van der Waals surface area (Å²) in [6.45, 7) is 6.32. The molecule has 0 aliphatic heterocycles. The normalized spacial score (nSPS) is 11.8. The highest BCUT2D eigenvalue weighted by Crippen LogP contribution is 2.28. The highest BCUT2D eigenvalue weighted by molar-refractivity contribution is 9.10. The lowest BCUT2D eigenvalue weighted by molar-refractivity contribution is 0.305. The average molecular weight is 310 g/mol. The van der Waals surface area contributed by atoms with Gasteiger partial charge in [-0.3, -0.25) is 0 Å². The number of benzene rings is 1. The molecule has 2 N–H and O–H groups in total. The van der Waals surface area contributed by atoms with Gasteiger partial charge >= 0.3 is 0 Å². The SMILES string of the molecule is CCC(C)(C)n1nnnc1-c1cc(N)cc(Br)c1. The molecule has 0 saturated carbocycles. The summed E-state index contributed by atoms with van der Waals surface area (Å²) in [5.74, 6) is 0.731. The maximum Gasteiger partial charge on any atom is 0.182 e. The summed E-state index contributed by atoms with van der Waals surface area (Å²) < 4.78 is 2.76. The molecule has 0 radical (unpaired) electrons. The van der Waals surface area contributed by atoms with Crippen molar-refractivity contribution in [1.82, 2.24) is 20.2 Å². The lowest BCUT2D eigenvalue weighted by Crippen LogP contribution is -2.27. The van der Waals surface area contributed by atoms with Crippen molar-refractivity contribution >= 4 is 21.6 Å². The summed E-state index contributed by atoms with van der Waals surface area (Å²) in [6, 6.07) is 5.69. The molecule has 0 spiro atoms. The van der Waals surface area contributed by atoms with Crippen LogP contribution in [0.15, 0.2) is 22.7 Å². The van der Waals surface area contributed by atoms with Crippen LogP contribution in [0.3, 0.4) is 0 Å². The zero-order valence-electron chi connectivity index (χ0n) is 10.7. The molecule has 0 unspecified atom stereocenters. The number of nitrogens with zero attached hydrogens (tertiary/aromatic N) is 4. The van der Waals surface area contributed by atoms with Crippen LogP contribution in [0, 0.1) is 0 Å². The van der Waals surface area contributed by atoms with Crippen LogP contribution in [0.1, 0.15) is 27.2 Å². The summed E-state index contributed by atoms with van der Waals surface area (Å²) in [5, 5.41) is 12.0. The number of aromatic nitrogens is 4. The number of anilines is 1. The number of hydrogen-bond donors (Lipinski definition) is 1. The molecule has 0 fully saturated rings. The smallest absolute Gasteiger partial charge is 0.182 e. The Labute approximate surface area is 115 Å². The second-order valence-electron chi connectivity index (χ2n) is 4.85. The van der Waals surface area contributed by atoms with Gasteiger partial charge in [0.25, 0.3) is 0 Å². The zero-order valence-corrected chi connectivity index (χ0v) is 12.3. The van der Waals surface area contributed by atoms with E-state index in [0.29, 0.717) is 5.69 Å². The van der Waals surface area contributed by atoms with Crippen molar-refractivity contribution in [3.63, 3.8) is 0 Å². The summed E-state index contributed by atoms with van der Waals surface area (Å²) in [6.07, 6.45) is 0.939. The van der Waals surface area contributed by atoms with Crippen molar-refractivity contribution in [2.75, 3.05) is 5.73 Å². The van der Waals surface area contributed by atoms with E-state index in [0.717, 1.165) is 22.3 Å². The molecule has 0 aliphatic carbocycles. The highest BCUT2D eigenvalue weighted by Gasteiger charge is 2.24. The molecule has 5 nitrogen and oxygen atoms in total. The standard InChI is InChI=1S/C12H16BrN5/c1-4-12(2,3)18-11(15-16-17-18)8-5-9(13)7-10(14)6-8/h5-7H,4,14H2,1-3H3. The first-order chi connectivity index (χ1) is 8.44. The Morgan fingerprint density at radius 3 is 2.67 bits per heavy atom. The molecule has 1 aromatic carbocycles. The van der Waals surface area contributed by atoms with Crippen LogP contribution in [0.4, 0.5) is 5.69 Å². The van der Waals surface area contributed by atoms with E-state index >= 15 is 0 Å². The minimum absolute atomic E-state index is 0.129. The van der Waals surface area contributed by atoms with Crippen LogP contribution < -0.4 is 5.73 Å². The van der Waals surface area contributed by atoms with Gasteiger partial charge in [-0.1, -0.05) is 22.9 Å². The largest absolute Gasteiger partial charge is 0.399 e. The number of halogens is 1. The van der Waals surface area contributed by atoms with Gasteiger partial charge in [-0.2, -0.15) is 0 Å². The van der Waals surface area contributed by atoms with Gasteiger partial charge in [-0.05, 0) is 48.9 Å². The lowest BCUT2D eigenvalue weighted by Gasteiger charge is -2.23. The lowest BCUT2D eigenvalue weighted by atomic mass is 10.0. The van der Waals surface area contributed by atoms with Crippen LogP contribution in [0.5, 0.6) is 0 Å². The minimum atomic E-state index is -0.129. The van der Waals surface area contributed by atoms with Gasteiger partial charge in [0, 0.05) is 15.7 Å². The van der Waals surface area contributed by atoms with E-state index in [2.05, 4.69) is 52.2 Å². The molecule has 0 saturated heterocycles. The average Bonchev–Trinajstić information content (AvgIpc) is 2.77. The first-order valence-electron chi connectivity index (χ1n) is 5.79. The van der Waals surface area contributed by atoms with Gasteiger partial charge in [-0.15, -0.1) is 5.10 Å². The third-order valence-electron chi connectivity index (χ3n) is 3.09. The molecule has 6 heteroatoms. The Kier molecular flexibility index (Phi) is 3.38. The van der Waals surface area contributed by atoms with E-state index in [9.17, 15) is 0 Å². The second kappa shape index (κ2) is 4.68. The molecule has 1 aromatic heterocycles. The number of tetrazole rings is 1. The molecule has 18 heavy (non-hydrogen) atoms. The third kappa shape index (κ3) is 2.38. The van der Waals surface area contributed by atoms with Crippen LogP contribution in [-0.2, 0) is 5.54 Å². The van der Waals surface area contributed by atoms with E-state index in [1.165, 1.54) is 0 Å². The summed E-state index contributed by atoms with van der Waals surface area (Å²) in [7, 11) is 0. The topological polar surface area (TPSA) is 69.6 Å². The second-order valence-corrected chi connectivity index (χ2v) is 5.77. The van der Waals surface area contributed by atoms with Gasteiger partial charge in [0.05, 0.1) is 5.54 Å². The third-order valence-corrected chi connectivity index (χ3v) is 3.54. The molecule has 0 aliphatic rings. The highest BCUT2D eigenvalue weighted by atomic mass is 79.9. The monoisotopic (exact) mass is 309 g/mol. The molecular formula is C12H16BrN5. The Morgan fingerprint density at radius 1 is 1.33 bits per heavy atom. The van der Waals surface area contributed by atoms with Crippen molar-refractivity contribution in [1.29, 1.82) is 0 Å². The van der Waals surface area contributed by atoms with Crippen molar-refractivity contribution in [3.05, 3.63) is 22.7 Å². The van der Waals surface area contributed by atoms with Crippen molar-refractivity contribution in [2.24, 2.45) is 0 Å².